The molecule has 3 rings (SSSR count). The second-order valence-electron chi connectivity index (χ2n) is 5.74. The minimum absolute atomic E-state index is 0.0690. The van der Waals surface area contributed by atoms with Gasteiger partial charge in [0.1, 0.15) is 5.75 Å². The van der Waals surface area contributed by atoms with E-state index in [-0.39, 0.29) is 30.1 Å². The van der Waals surface area contributed by atoms with Gasteiger partial charge in [0.15, 0.2) is 11.5 Å². The van der Waals surface area contributed by atoms with Gasteiger partial charge in [-0.05, 0) is 31.5 Å². The maximum Gasteiger partial charge on any atom is 0.228 e. The molecule has 5 heteroatoms. The van der Waals surface area contributed by atoms with Crippen LogP contribution in [0.3, 0.4) is 0 Å². The van der Waals surface area contributed by atoms with E-state index in [1.165, 1.54) is 6.26 Å². The first-order valence-electron chi connectivity index (χ1n) is 7.74. The molecular weight excluding hydrogens is 294 g/mol. The molecule has 23 heavy (non-hydrogen) atoms. The van der Waals surface area contributed by atoms with E-state index in [1.54, 1.807) is 12.1 Å². The van der Waals surface area contributed by atoms with E-state index >= 15 is 0 Å². The largest absolute Gasteiger partial charge is 0.493 e. The predicted octanol–water partition coefficient (Wildman–Crippen LogP) is 2.92. The number of hydrogen-bond acceptors (Lipinski definition) is 4. The Bertz CT molecular complexity index is 693. The number of ketones is 1. The number of carbonyl (C=O) groups excluding carboxylic acids is 2. The minimum Gasteiger partial charge on any atom is -0.493 e. The minimum atomic E-state index is -0.255. The normalized spacial score (nSPS) is 17.7. The highest BCUT2D eigenvalue weighted by Crippen LogP contribution is 2.33. The van der Waals surface area contributed by atoms with Gasteiger partial charge in [-0.3, -0.25) is 9.59 Å². The zero-order valence-corrected chi connectivity index (χ0v) is 13.0. The Morgan fingerprint density at radius 3 is 2.87 bits per heavy atom. The first-order chi connectivity index (χ1) is 11.1. The molecule has 0 radical (unpaired) electrons. The maximum atomic E-state index is 12.5. The van der Waals surface area contributed by atoms with Crippen molar-refractivity contribution in [2.45, 2.75) is 31.7 Å². The van der Waals surface area contributed by atoms with Gasteiger partial charge in [-0.2, -0.15) is 0 Å². The number of hydrogen-bond donors (Lipinski definition) is 1. The number of para-hydroxylation sites is 1. The number of nitrogens with one attached hydrogen (secondary N) is 1. The van der Waals surface area contributed by atoms with E-state index in [4.69, 9.17) is 9.15 Å². The maximum absolute atomic E-state index is 12.5. The SMILES string of the molecule is C[C@H](CC(=O)c1ccco1)NC(=O)[C@@H]1CCOc2ccccc21. The molecule has 1 N–H and O–H groups in total. The van der Waals surface area contributed by atoms with Crippen LogP contribution in [0.2, 0.25) is 0 Å². The van der Waals surface area contributed by atoms with E-state index in [0.717, 1.165) is 11.3 Å². The van der Waals surface area contributed by atoms with Crippen molar-refractivity contribution in [3.05, 3.63) is 54.0 Å². The quantitative estimate of drug-likeness (QED) is 0.862. The molecule has 2 aromatic rings. The van der Waals surface area contributed by atoms with Gasteiger partial charge in [-0.25, -0.2) is 0 Å². The molecule has 1 aromatic carbocycles. The Morgan fingerprint density at radius 2 is 2.09 bits per heavy atom. The Kier molecular flexibility index (Phi) is 4.46. The molecule has 0 spiro atoms. The van der Waals surface area contributed by atoms with Crippen molar-refractivity contribution in [2.75, 3.05) is 6.61 Å². The number of rotatable bonds is 5. The fourth-order valence-corrected chi connectivity index (χ4v) is 2.82. The summed E-state index contributed by atoms with van der Waals surface area (Å²) in [5.74, 6) is 0.664. The van der Waals surface area contributed by atoms with Gasteiger partial charge in [0.2, 0.25) is 5.91 Å². The molecule has 5 nitrogen and oxygen atoms in total. The number of carbonyl (C=O) groups is 2. The fraction of sp³-hybridized carbons (Fsp3) is 0.333. The third kappa shape index (κ3) is 3.44. The second-order valence-corrected chi connectivity index (χ2v) is 5.74. The lowest BCUT2D eigenvalue weighted by atomic mass is 9.92. The molecule has 2 atom stereocenters. The van der Waals surface area contributed by atoms with E-state index < -0.39 is 0 Å². The van der Waals surface area contributed by atoms with Crippen LogP contribution in [0.25, 0.3) is 0 Å². The monoisotopic (exact) mass is 313 g/mol. The Labute approximate surface area is 134 Å². The number of amides is 1. The lowest BCUT2D eigenvalue weighted by Crippen LogP contribution is -2.39. The summed E-state index contributed by atoms with van der Waals surface area (Å²) in [6.07, 6.45) is 2.32. The van der Waals surface area contributed by atoms with Crippen LogP contribution in [0.5, 0.6) is 5.75 Å². The molecule has 1 aliphatic heterocycles. The molecule has 0 bridgehead atoms. The summed E-state index contributed by atoms with van der Waals surface area (Å²) in [5, 5.41) is 2.93. The fourth-order valence-electron chi connectivity index (χ4n) is 2.82. The first kappa shape index (κ1) is 15.3. The van der Waals surface area contributed by atoms with Crippen LogP contribution in [0.15, 0.2) is 47.1 Å². The first-order valence-corrected chi connectivity index (χ1v) is 7.74. The second kappa shape index (κ2) is 6.69. The summed E-state index contributed by atoms with van der Waals surface area (Å²) < 4.78 is 10.7. The van der Waals surface area contributed by atoms with Crippen LogP contribution in [0, 0.1) is 0 Å². The topological polar surface area (TPSA) is 68.5 Å². The van der Waals surface area contributed by atoms with Crippen LogP contribution in [-0.4, -0.2) is 24.3 Å². The molecule has 0 aliphatic carbocycles. The third-order valence-corrected chi connectivity index (χ3v) is 3.95. The standard InChI is InChI=1S/C18H19NO4/c1-12(11-15(20)17-7-4-9-22-17)19-18(21)14-8-10-23-16-6-3-2-5-13(14)16/h2-7,9,12,14H,8,10-11H2,1H3,(H,19,21)/t12-,14-/m1/s1. The van der Waals surface area contributed by atoms with Gasteiger partial charge in [-0.15, -0.1) is 0 Å². The summed E-state index contributed by atoms with van der Waals surface area (Å²) in [4.78, 5) is 24.5. The van der Waals surface area contributed by atoms with Gasteiger partial charge in [0, 0.05) is 18.0 Å². The highest BCUT2D eigenvalue weighted by atomic mass is 16.5. The van der Waals surface area contributed by atoms with Gasteiger partial charge in [0.25, 0.3) is 0 Å². The van der Waals surface area contributed by atoms with Crippen LogP contribution in [0.4, 0.5) is 0 Å². The molecule has 0 unspecified atom stereocenters. The summed E-state index contributed by atoms with van der Waals surface area (Å²) in [6, 6.07) is 10.6. The average Bonchev–Trinajstić information content (AvgIpc) is 3.08. The molecule has 1 aromatic heterocycles. The molecule has 1 amide bonds. The van der Waals surface area contributed by atoms with Gasteiger partial charge in [0.05, 0.1) is 18.8 Å². The van der Waals surface area contributed by atoms with Crippen molar-refractivity contribution < 1.29 is 18.7 Å². The predicted molar refractivity (Wildman–Crippen MR) is 84.6 cm³/mol. The third-order valence-electron chi connectivity index (χ3n) is 3.95. The molecular formula is C18H19NO4. The van der Waals surface area contributed by atoms with Gasteiger partial charge < -0.3 is 14.5 Å². The zero-order valence-electron chi connectivity index (χ0n) is 13.0. The average molecular weight is 313 g/mol. The van der Waals surface area contributed by atoms with E-state index in [2.05, 4.69) is 5.32 Å². The number of Topliss-reactive ketones (excluding diaryl/α,β-unsaturated/α-hetero) is 1. The van der Waals surface area contributed by atoms with Crippen LogP contribution in [-0.2, 0) is 4.79 Å². The Balaban J connectivity index is 1.62. The van der Waals surface area contributed by atoms with Gasteiger partial charge in [-0.1, -0.05) is 18.2 Å². The van der Waals surface area contributed by atoms with Crippen molar-refractivity contribution in [1.82, 2.24) is 5.32 Å². The van der Waals surface area contributed by atoms with Crippen LogP contribution < -0.4 is 10.1 Å². The van der Waals surface area contributed by atoms with Crippen molar-refractivity contribution >= 4 is 11.7 Å². The molecule has 120 valence electrons. The molecule has 0 saturated heterocycles. The lowest BCUT2D eigenvalue weighted by molar-refractivity contribution is -0.123. The summed E-state index contributed by atoms with van der Waals surface area (Å²) in [5.41, 5.74) is 0.904. The number of benzene rings is 1. The van der Waals surface area contributed by atoms with Crippen molar-refractivity contribution in [1.29, 1.82) is 0 Å². The number of furan rings is 1. The van der Waals surface area contributed by atoms with Crippen molar-refractivity contribution in [2.24, 2.45) is 0 Å². The molecule has 0 saturated carbocycles. The molecule has 0 fully saturated rings. The highest BCUT2D eigenvalue weighted by Gasteiger charge is 2.28. The van der Waals surface area contributed by atoms with E-state index in [9.17, 15) is 9.59 Å². The summed E-state index contributed by atoms with van der Waals surface area (Å²) in [7, 11) is 0. The number of fused-ring (bicyclic) bond motifs is 1. The van der Waals surface area contributed by atoms with Gasteiger partial charge >= 0.3 is 0 Å². The Hall–Kier alpha value is -2.56. The zero-order chi connectivity index (χ0) is 16.2. The van der Waals surface area contributed by atoms with Crippen molar-refractivity contribution in [3.63, 3.8) is 0 Å². The smallest absolute Gasteiger partial charge is 0.228 e. The van der Waals surface area contributed by atoms with E-state index in [0.29, 0.717) is 18.8 Å². The lowest BCUT2D eigenvalue weighted by Gasteiger charge is -2.26. The summed E-state index contributed by atoms with van der Waals surface area (Å²) in [6.45, 7) is 2.35. The highest BCUT2D eigenvalue weighted by molar-refractivity contribution is 5.94. The molecule has 2 heterocycles. The van der Waals surface area contributed by atoms with Crippen LogP contribution in [0.1, 0.15) is 41.8 Å². The molecule has 1 aliphatic rings. The Morgan fingerprint density at radius 1 is 1.26 bits per heavy atom. The van der Waals surface area contributed by atoms with Crippen LogP contribution >= 0.6 is 0 Å². The van der Waals surface area contributed by atoms with Crippen molar-refractivity contribution in [3.8, 4) is 5.75 Å². The van der Waals surface area contributed by atoms with E-state index in [1.807, 2.05) is 31.2 Å². The number of ether oxygens (including phenoxy) is 1. The summed E-state index contributed by atoms with van der Waals surface area (Å²) >= 11 is 0.